The molecule has 5 heteroatoms. The van der Waals surface area contributed by atoms with E-state index in [9.17, 15) is 8.42 Å². The van der Waals surface area contributed by atoms with E-state index in [1.807, 2.05) is 0 Å². The number of aromatic nitrogens is 1. The quantitative estimate of drug-likeness (QED) is 0.432. The van der Waals surface area contributed by atoms with Crippen molar-refractivity contribution in [2.24, 2.45) is 0 Å². The second-order valence-corrected chi connectivity index (χ2v) is 2.51. The Hall–Kier alpha value is -1.23. The minimum atomic E-state index is -2.38. The van der Waals surface area contributed by atoms with Gasteiger partial charge in [0.1, 0.15) is 0 Å². The van der Waals surface area contributed by atoms with Crippen LogP contribution in [0.2, 0.25) is 0 Å². The molecule has 1 aromatic heterocycles. The molecule has 1 aromatic rings. The van der Waals surface area contributed by atoms with Crippen molar-refractivity contribution < 1.29 is 13.6 Å². The van der Waals surface area contributed by atoms with Crippen LogP contribution in [-0.2, 0) is 10.3 Å². The Kier molecular flexibility index (Phi) is 1.77. The van der Waals surface area contributed by atoms with E-state index in [2.05, 4.69) is 0 Å². The van der Waals surface area contributed by atoms with Crippen LogP contribution in [0.15, 0.2) is 24.4 Å². The number of pyridine rings is 1. The summed E-state index contributed by atoms with van der Waals surface area (Å²) in [6.07, 6.45) is 1.24. The fourth-order valence-electron chi connectivity index (χ4n) is 0.551. The molecule has 0 aliphatic rings. The zero-order valence-electron chi connectivity index (χ0n) is 4.93. The lowest BCUT2D eigenvalue weighted by atomic mass is 10.5. The molecule has 0 radical (unpaired) electrons. The molecule has 0 amide bonds. The van der Waals surface area contributed by atoms with E-state index in [0.29, 0.717) is 4.73 Å². The van der Waals surface area contributed by atoms with Crippen LogP contribution in [0.25, 0.3) is 0 Å². The van der Waals surface area contributed by atoms with Crippen LogP contribution in [0.1, 0.15) is 0 Å². The van der Waals surface area contributed by atoms with Crippen LogP contribution in [0.4, 0.5) is 0 Å². The van der Waals surface area contributed by atoms with Gasteiger partial charge in [-0.05, 0) is 12.1 Å². The van der Waals surface area contributed by atoms with Crippen molar-refractivity contribution in [2.75, 3.05) is 0 Å². The van der Waals surface area contributed by atoms with E-state index in [1.165, 1.54) is 24.4 Å². The summed E-state index contributed by atoms with van der Waals surface area (Å²) in [4.78, 5) is 0. The third kappa shape index (κ3) is 1.19. The first-order valence-corrected chi connectivity index (χ1v) is 3.58. The Bertz CT molecular complexity index is 381. The summed E-state index contributed by atoms with van der Waals surface area (Å²) in [5.41, 5.74) is 0. The summed E-state index contributed by atoms with van der Waals surface area (Å²) in [6, 6.07) is 4.34. The van der Waals surface area contributed by atoms with Gasteiger partial charge in [0.15, 0.2) is 4.64 Å². The summed E-state index contributed by atoms with van der Waals surface area (Å²) in [5.74, 6) is 0. The van der Waals surface area contributed by atoms with Crippen LogP contribution < -0.4 is 0 Å². The van der Waals surface area contributed by atoms with E-state index in [1.54, 1.807) is 0 Å². The van der Waals surface area contributed by atoms with E-state index in [0.717, 1.165) is 0 Å². The minimum absolute atomic E-state index is 0.150. The predicted molar refractivity (Wildman–Crippen MR) is 33.8 cm³/mol. The average molecular weight is 159 g/mol. The Morgan fingerprint density at radius 3 is 2.50 bits per heavy atom. The van der Waals surface area contributed by atoms with Gasteiger partial charge in [0.2, 0.25) is 10.3 Å². The van der Waals surface area contributed by atoms with Gasteiger partial charge in [-0.15, -0.1) is 0 Å². The number of hydrogen-bond donors (Lipinski definition) is 1. The normalized spacial score (nSPS) is 9.20. The molecular formula is C5H5NO3S. The van der Waals surface area contributed by atoms with E-state index >= 15 is 0 Å². The summed E-state index contributed by atoms with van der Waals surface area (Å²) in [5, 5.41) is 8.80. The SMILES string of the molecule is O=S(=O)=c1ccccn1O. The van der Waals surface area contributed by atoms with E-state index < -0.39 is 10.3 Å². The maximum atomic E-state index is 10.2. The highest BCUT2D eigenvalue weighted by Gasteiger charge is 1.85. The Morgan fingerprint density at radius 2 is 2.10 bits per heavy atom. The molecule has 4 nitrogen and oxygen atoms in total. The highest BCUT2D eigenvalue weighted by atomic mass is 32.2. The van der Waals surface area contributed by atoms with Crippen molar-refractivity contribution in [3.8, 4) is 0 Å². The number of hydrogen-bond acceptors (Lipinski definition) is 3. The first-order chi connectivity index (χ1) is 4.72. The van der Waals surface area contributed by atoms with Crippen LogP contribution in [0.3, 0.4) is 0 Å². The zero-order chi connectivity index (χ0) is 7.56. The fourth-order valence-corrected chi connectivity index (χ4v) is 0.954. The first kappa shape index (κ1) is 6.88. The molecule has 0 fully saturated rings. The fraction of sp³-hybridized carbons (Fsp3) is 0. The molecule has 54 valence electrons. The molecule has 0 saturated heterocycles. The monoisotopic (exact) mass is 159 g/mol. The van der Waals surface area contributed by atoms with Crippen LogP contribution in [0, 0.1) is 4.64 Å². The lowest BCUT2D eigenvalue weighted by Crippen LogP contribution is -1.92. The third-order valence-electron chi connectivity index (χ3n) is 0.974. The Labute approximate surface area is 58.5 Å². The third-order valence-corrected chi connectivity index (χ3v) is 1.64. The topological polar surface area (TPSA) is 59.3 Å². The van der Waals surface area contributed by atoms with Crippen molar-refractivity contribution in [1.82, 2.24) is 4.73 Å². The smallest absolute Gasteiger partial charge is 0.241 e. The van der Waals surface area contributed by atoms with Gasteiger partial charge in [-0.25, -0.2) is 0 Å². The molecule has 0 spiro atoms. The van der Waals surface area contributed by atoms with Crippen molar-refractivity contribution >= 4 is 10.3 Å². The molecule has 0 aliphatic heterocycles. The van der Waals surface area contributed by atoms with Crippen LogP contribution in [-0.4, -0.2) is 18.4 Å². The second-order valence-electron chi connectivity index (χ2n) is 1.62. The van der Waals surface area contributed by atoms with Gasteiger partial charge in [0.05, 0.1) is 0 Å². The maximum Gasteiger partial charge on any atom is 0.241 e. The molecule has 0 atom stereocenters. The summed E-state index contributed by atoms with van der Waals surface area (Å²) < 4.78 is 20.9. The largest absolute Gasteiger partial charge is 0.427 e. The van der Waals surface area contributed by atoms with Gasteiger partial charge >= 0.3 is 0 Å². The molecule has 10 heavy (non-hydrogen) atoms. The van der Waals surface area contributed by atoms with Crippen LogP contribution in [0.5, 0.6) is 0 Å². The average Bonchev–Trinajstić information content (AvgIpc) is 1.88. The second kappa shape index (κ2) is 2.57. The first-order valence-electron chi connectivity index (χ1n) is 2.51. The molecule has 0 bridgehead atoms. The van der Waals surface area contributed by atoms with Crippen molar-refractivity contribution in [3.05, 3.63) is 29.0 Å². The standard InChI is InChI=1S/C5H5NO3S/c7-6-4-2-1-3-5(6)10(8)9/h1-4,7H. The van der Waals surface area contributed by atoms with Gasteiger partial charge in [-0.1, -0.05) is 6.07 Å². The molecule has 0 unspecified atom stereocenters. The summed E-state index contributed by atoms with van der Waals surface area (Å²) >= 11 is 0. The molecule has 0 aromatic carbocycles. The minimum Gasteiger partial charge on any atom is -0.427 e. The van der Waals surface area contributed by atoms with Gasteiger partial charge in [0, 0.05) is 6.20 Å². The van der Waals surface area contributed by atoms with Gasteiger partial charge in [-0.2, -0.15) is 13.1 Å². The summed E-state index contributed by atoms with van der Waals surface area (Å²) in [7, 11) is -2.38. The Morgan fingerprint density at radius 1 is 1.40 bits per heavy atom. The van der Waals surface area contributed by atoms with Gasteiger partial charge in [0.25, 0.3) is 0 Å². The molecule has 1 heterocycles. The highest BCUT2D eigenvalue weighted by Crippen LogP contribution is 1.85. The van der Waals surface area contributed by atoms with Crippen molar-refractivity contribution in [3.63, 3.8) is 0 Å². The lowest BCUT2D eigenvalue weighted by molar-refractivity contribution is 0.180. The molecule has 0 saturated carbocycles. The van der Waals surface area contributed by atoms with Gasteiger partial charge in [-0.3, -0.25) is 0 Å². The Balaban J connectivity index is 3.78. The molecular weight excluding hydrogens is 154 g/mol. The highest BCUT2D eigenvalue weighted by molar-refractivity contribution is 7.63. The van der Waals surface area contributed by atoms with Crippen molar-refractivity contribution in [2.45, 2.75) is 0 Å². The van der Waals surface area contributed by atoms with Crippen molar-refractivity contribution in [1.29, 1.82) is 0 Å². The van der Waals surface area contributed by atoms with E-state index in [-0.39, 0.29) is 4.64 Å². The zero-order valence-corrected chi connectivity index (χ0v) is 5.75. The molecule has 1 rings (SSSR count). The summed E-state index contributed by atoms with van der Waals surface area (Å²) in [6.45, 7) is 0. The number of nitrogens with zero attached hydrogens (tertiary/aromatic N) is 1. The van der Waals surface area contributed by atoms with Crippen LogP contribution >= 0.6 is 0 Å². The number of rotatable bonds is 0. The maximum absolute atomic E-state index is 10.2. The lowest BCUT2D eigenvalue weighted by Gasteiger charge is -1.90. The predicted octanol–water partition coefficient (Wildman–Crippen LogP) is 0.136. The molecule has 1 N–H and O–H groups in total. The van der Waals surface area contributed by atoms with Gasteiger partial charge < -0.3 is 5.21 Å². The van der Waals surface area contributed by atoms with E-state index in [4.69, 9.17) is 5.21 Å². The molecule has 0 aliphatic carbocycles.